The van der Waals surface area contributed by atoms with Crippen molar-refractivity contribution in [3.63, 3.8) is 0 Å². The fourth-order valence-electron chi connectivity index (χ4n) is 1.46. The number of carbonyl (C=O) groups excluding carboxylic acids is 1. The van der Waals surface area contributed by atoms with Gasteiger partial charge in [0.25, 0.3) is 0 Å². The lowest BCUT2D eigenvalue weighted by Crippen LogP contribution is -2.05. The van der Waals surface area contributed by atoms with E-state index in [-0.39, 0.29) is 9.92 Å². The Morgan fingerprint density at radius 2 is 1.95 bits per heavy atom. The predicted molar refractivity (Wildman–Crippen MR) is 67.2 cm³/mol. The van der Waals surface area contributed by atoms with Gasteiger partial charge >= 0.3 is 5.97 Å². The molecule has 1 heterocycles. The average molecular weight is 277 g/mol. The summed E-state index contributed by atoms with van der Waals surface area (Å²) in [6.07, 6.45) is 4.12. The van der Waals surface area contributed by atoms with Gasteiger partial charge in [-0.25, -0.2) is 18.8 Å². The molecule has 1 aromatic heterocycles. The molecule has 2 rings (SSSR count). The van der Waals surface area contributed by atoms with Gasteiger partial charge in [0.2, 0.25) is 0 Å². The van der Waals surface area contributed by atoms with Crippen LogP contribution in [0.5, 0.6) is 0 Å². The molecule has 19 heavy (non-hydrogen) atoms. The van der Waals surface area contributed by atoms with Gasteiger partial charge in [0, 0.05) is 12.4 Å². The Bertz CT molecular complexity index is 682. The lowest BCUT2D eigenvalue weighted by Gasteiger charge is -2.06. The van der Waals surface area contributed by atoms with E-state index in [1.165, 1.54) is 50.0 Å². The monoisotopic (exact) mass is 277 g/mol. The maximum atomic E-state index is 12.4. The quantitative estimate of drug-likeness (QED) is 0.862. The van der Waals surface area contributed by atoms with E-state index in [0.29, 0.717) is 5.56 Å². The summed E-state index contributed by atoms with van der Waals surface area (Å²) in [5.41, 5.74) is 0.334. The molecule has 98 valence electrons. The Hall–Kier alpha value is -2.28. The highest BCUT2D eigenvalue weighted by Gasteiger charge is 2.15. The molecular formula is C12H11N3O3S. The average Bonchev–Trinajstić information content (AvgIpc) is 2.47. The van der Waals surface area contributed by atoms with Crippen LogP contribution in [0.4, 0.5) is 0 Å². The van der Waals surface area contributed by atoms with E-state index in [1.54, 1.807) is 0 Å². The molecule has 7 heteroatoms. The van der Waals surface area contributed by atoms with E-state index < -0.39 is 15.7 Å². The van der Waals surface area contributed by atoms with Gasteiger partial charge in [0.05, 0.1) is 23.8 Å². The van der Waals surface area contributed by atoms with Crippen LogP contribution in [0, 0.1) is 4.78 Å². The first-order valence-corrected chi connectivity index (χ1v) is 6.85. The second kappa shape index (κ2) is 5.15. The van der Waals surface area contributed by atoms with E-state index in [1.807, 2.05) is 0 Å². The van der Waals surface area contributed by atoms with E-state index >= 15 is 0 Å². The maximum absolute atomic E-state index is 12.4. The Morgan fingerprint density at radius 3 is 2.47 bits per heavy atom. The van der Waals surface area contributed by atoms with E-state index in [2.05, 4.69) is 14.7 Å². The van der Waals surface area contributed by atoms with E-state index in [0.717, 1.165) is 0 Å². The minimum absolute atomic E-state index is 0.0841. The molecule has 0 fully saturated rings. The molecule has 1 N–H and O–H groups in total. The lowest BCUT2D eigenvalue weighted by molar-refractivity contribution is 0.0600. The first-order chi connectivity index (χ1) is 9.05. The van der Waals surface area contributed by atoms with Gasteiger partial charge in [-0.2, -0.15) is 0 Å². The summed E-state index contributed by atoms with van der Waals surface area (Å²) >= 11 is 0. The molecule has 0 bridgehead atoms. The normalized spacial score (nSPS) is 13.5. The van der Waals surface area contributed by atoms with Gasteiger partial charge in [0.1, 0.15) is 9.73 Å². The number of nitrogens with zero attached hydrogens (tertiary/aromatic N) is 2. The van der Waals surface area contributed by atoms with Crippen molar-refractivity contribution in [2.45, 2.75) is 9.92 Å². The summed E-state index contributed by atoms with van der Waals surface area (Å²) in [7, 11) is -1.93. The first kappa shape index (κ1) is 13.2. The largest absolute Gasteiger partial charge is 0.465 e. The van der Waals surface area contributed by atoms with Gasteiger partial charge in [-0.05, 0) is 24.3 Å². The predicted octanol–water partition coefficient (Wildman–Crippen LogP) is 1.73. The van der Waals surface area contributed by atoms with E-state index in [9.17, 15) is 9.00 Å². The van der Waals surface area contributed by atoms with Crippen LogP contribution in [0.15, 0.2) is 52.8 Å². The number of nitrogens with one attached hydrogen (secondary N) is 1. The van der Waals surface area contributed by atoms with Gasteiger partial charge in [0.15, 0.2) is 5.03 Å². The summed E-state index contributed by atoms with van der Waals surface area (Å²) < 4.78 is 24.9. The third kappa shape index (κ3) is 2.60. The number of rotatable bonds is 3. The first-order valence-electron chi connectivity index (χ1n) is 5.29. The molecule has 1 unspecified atom stereocenters. The zero-order valence-corrected chi connectivity index (χ0v) is 10.9. The molecular weight excluding hydrogens is 266 g/mol. The molecule has 1 atom stereocenters. The van der Waals surface area contributed by atoms with Crippen molar-refractivity contribution in [1.82, 2.24) is 9.97 Å². The van der Waals surface area contributed by atoms with Crippen molar-refractivity contribution in [1.29, 1.82) is 4.78 Å². The topological polar surface area (TPSA) is 93.0 Å². The maximum Gasteiger partial charge on any atom is 0.337 e. The minimum Gasteiger partial charge on any atom is -0.465 e. The number of benzene rings is 1. The zero-order chi connectivity index (χ0) is 13.9. The molecule has 6 nitrogen and oxygen atoms in total. The fourth-order valence-corrected chi connectivity index (χ4v) is 2.63. The second-order valence-electron chi connectivity index (χ2n) is 3.62. The number of methoxy groups -OCH3 is 1. The molecule has 0 radical (unpaired) electrons. The molecule has 0 aliphatic heterocycles. The molecule has 0 saturated carbocycles. The van der Waals surface area contributed by atoms with Crippen LogP contribution in [0.25, 0.3) is 0 Å². The van der Waals surface area contributed by atoms with Crippen LogP contribution in [0.2, 0.25) is 0 Å². The van der Waals surface area contributed by atoms with Crippen molar-refractivity contribution < 1.29 is 13.7 Å². The van der Waals surface area contributed by atoms with Crippen LogP contribution >= 0.6 is 0 Å². The summed E-state index contributed by atoms with van der Waals surface area (Å²) in [5, 5.41) is 0.0841. The number of aromatic nitrogens is 2. The number of ether oxygens (including phenoxy) is 1. The van der Waals surface area contributed by atoms with Gasteiger partial charge in [-0.3, -0.25) is 4.98 Å². The molecule has 0 saturated heterocycles. The van der Waals surface area contributed by atoms with Crippen molar-refractivity contribution >= 4 is 15.7 Å². The summed E-state index contributed by atoms with van der Waals surface area (Å²) in [5.74, 6) is -0.484. The molecule has 0 amide bonds. The van der Waals surface area contributed by atoms with Gasteiger partial charge in [-0.1, -0.05) is 0 Å². The fraction of sp³-hybridized carbons (Fsp3) is 0.0833. The molecule has 0 aliphatic carbocycles. The van der Waals surface area contributed by atoms with Crippen LogP contribution in [-0.2, 0) is 14.5 Å². The number of esters is 1. The standard InChI is InChI=1S/C12H11N3O3S/c1-18-12(16)9-2-4-10(5-3-9)19(13,17)11-8-14-6-7-15-11/h2-8,13H,1H3. The Balaban J connectivity index is 2.40. The SMILES string of the molecule is COC(=O)c1ccc(S(=N)(=O)c2cnccn2)cc1. The van der Waals surface area contributed by atoms with Crippen LogP contribution < -0.4 is 0 Å². The third-order valence-electron chi connectivity index (χ3n) is 2.44. The van der Waals surface area contributed by atoms with Gasteiger partial charge < -0.3 is 4.74 Å². The number of hydrogen-bond acceptors (Lipinski definition) is 6. The number of hydrogen-bond donors (Lipinski definition) is 1. The summed E-state index contributed by atoms with van der Waals surface area (Å²) in [6.45, 7) is 0. The smallest absolute Gasteiger partial charge is 0.337 e. The van der Waals surface area contributed by atoms with Crippen LogP contribution in [-0.4, -0.2) is 27.3 Å². The van der Waals surface area contributed by atoms with Crippen molar-refractivity contribution in [3.05, 3.63) is 48.4 Å². The number of carbonyl (C=O) groups is 1. The Kier molecular flexibility index (Phi) is 3.57. The summed E-state index contributed by atoms with van der Waals surface area (Å²) in [4.78, 5) is 19.2. The lowest BCUT2D eigenvalue weighted by atomic mass is 10.2. The van der Waals surface area contributed by atoms with Gasteiger partial charge in [-0.15, -0.1) is 0 Å². The summed E-state index contributed by atoms with van der Waals surface area (Å²) in [6, 6.07) is 5.84. The minimum atomic E-state index is -3.21. The molecule has 1 aromatic carbocycles. The van der Waals surface area contributed by atoms with Crippen LogP contribution in [0.1, 0.15) is 10.4 Å². The van der Waals surface area contributed by atoms with E-state index in [4.69, 9.17) is 4.78 Å². The Morgan fingerprint density at radius 1 is 1.26 bits per heavy atom. The van der Waals surface area contributed by atoms with Crippen LogP contribution in [0.3, 0.4) is 0 Å². The highest BCUT2D eigenvalue weighted by molar-refractivity contribution is 7.92. The van der Waals surface area contributed by atoms with Crippen molar-refractivity contribution in [2.24, 2.45) is 0 Å². The second-order valence-corrected chi connectivity index (χ2v) is 5.62. The molecule has 0 spiro atoms. The van der Waals surface area contributed by atoms with Crippen molar-refractivity contribution in [2.75, 3.05) is 7.11 Å². The highest BCUT2D eigenvalue weighted by atomic mass is 32.2. The zero-order valence-electron chi connectivity index (χ0n) is 10.1. The highest BCUT2D eigenvalue weighted by Crippen LogP contribution is 2.19. The Labute approximate surface area is 110 Å². The van der Waals surface area contributed by atoms with Crippen molar-refractivity contribution in [3.8, 4) is 0 Å². The third-order valence-corrected chi connectivity index (χ3v) is 4.18. The molecule has 2 aromatic rings. The molecule has 0 aliphatic rings.